The molecule has 1 aromatic carbocycles. The Hall–Kier alpha value is -1.06. The van der Waals surface area contributed by atoms with Gasteiger partial charge in [0.2, 0.25) is 0 Å². The molecule has 94 valence electrons. The minimum Gasteiger partial charge on any atom is -0.492 e. The fourth-order valence-corrected chi connectivity index (χ4v) is 2.28. The molecule has 1 unspecified atom stereocenters. The zero-order chi connectivity index (χ0) is 12.1. The van der Waals surface area contributed by atoms with Crippen LogP contribution in [0.2, 0.25) is 0 Å². The highest BCUT2D eigenvalue weighted by molar-refractivity contribution is 5.35. The minimum absolute atomic E-state index is 0.0259. The fraction of sp³-hybridized carbons (Fsp3) is 0.571. The maximum absolute atomic E-state index is 5.92. The van der Waals surface area contributed by atoms with E-state index in [1.807, 2.05) is 31.2 Å². The number of rotatable bonds is 5. The summed E-state index contributed by atoms with van der Waals surface area (Å²) in [5.74, 6) is 0.932. The molecule has 1 saturated heterocycles. The third kappa shape index (κ3) is 3.45. The predicted molar refractivity (Wildman–Crippen MR) is 70.2 cm³/mol. The third-order valence-corrected chi connectivity index (χ3v) is 3.27. The van der Waals surface area contributed by atoms with Gasteiger partial charge in [0.15, 0.2) is 0 Å². The first-order valence-electron chi connectivity index (χ1n) is 6.47. The van der Waals surface area contributed by atoms with Crippen molar-refractivity contribution in [2.75, 3.05) is 26.2 Å². The van der Waals surface area contributed by atoms with E-state index in [9.17, 15) is 0 Å². The van der Waals surface area contributed by atoms with Crippen molar-refractivity contribution < 1.29 is 4.74 Å². The number of hydrogen-bond donors (Lipinski definition) is 1. The summed E-state index contributed by atoms with van der Waals surface area (Å²) in [7, 11) is 0. The van der Waals surface area contributed by atoms with Crippen molar-refractivity contribution in [3.05, 3.63) is 29.8 Å². The first kappa shape index (κ1) is 12.4. The van der Waals surface area contributed by atoms with Gasteiger partial charge in [-0.25, -0.2) is 0 Å². The molecule has 0 aliphatic carbocycles. The third-order valence-electron chi connectivity index (χ3n) is 3.27. The largest absolute Gasteiger partial charge is 0.492 e. The number of benzene rings is 1. The van der Waals surface area contributed by atoms with Crippen LogP contribution in [0.3, 0.4) is 0 Å². The summed E-state index contributed by atoms with van der Waals surface area (Å²) in [5, 5.41) is 0. The van der Waals surface area contributed by atoms with Gasteiger partial charge in [-0.3, -0.25) is 4.90 Å². The normalized spacial score (nSPS) is 18.2. The molecule has 0 saturated carbocycles. The zero-order valence-corrected chi connectivity index (χ0v) is 10.6. The number of para-hydroxylation sites is 1. The van der Waals surface area contributed by atoms with Crippen LogP contribution in [0.1, 0.15) is 31.4 Å². The van der Waals surface area contributed by atoms with E-state index in [0.29, 0.717) is 0 Å². The number of likely N-dealkylation sites (tertiary alicyclic amines) is 1. The molecule has 17 heavy (non-hydrogen) atoms. The van der Waals surface area contributed by atoms with Crippen LogP contribution in [-0.4, -0.2) is 31.1 Å². The monoisotopic (exact) mass is 234 g/mol. The first-order chi connectivity index (χ1) is 8.27. The van der Waals surface area contributed by atoms with Crippen LogP contribution >= 0.6 is 0 Å². The van der Waals surface area contributed by atoms with Gasteiger partial charge >= 0.3 is 0 Å². The molecule has 0 amide bonds. The van der Waals surface area contributed by atoms with E-state index in [4.69, 9.17) is 10.5 Å². The predicted octanol–water partition coefficient (Wildman–Crippen LogP) is 2.18. The number of nitrogens with zero attached hydrogens (tertiary/aromatic N) is 1. The second-order valence-corrected chi connectivity index (χ2v) is 4.72. The highest BCUT2D eigenvalue weighted by Crippen LogP contribution is 2.23. The minimum atomic E-state index is 0.0259. The Labute approximate surface area is 104 Å². The van der Waals surface area contributed by atoms with E-state index in [0.717, 1.165) is 24.5 Å². The Morgan fingerprint density at radius 1 is 1.29 bits per heavy atom. The van der Waals surface area contributed by atoms with Crippen molar-refractivity contribution in [1.29, 1.82) is 0 Å². The van der Waals surface area contributed by atoms with E-state index >= 15 is 0 Å². The van der Waals surface area contributed by atoms with Crippen molar-refractivity contribution in [1.82, 2.24) is 4.90 Å². The molecular weight excluding hydrogens is 212 g/mol. The molecule has 2 N–H and O–H groups in total. The van der Waals surface area contributed by atoms with Crippen molar-refractivity contribution in [3.63, 3.8) is 0 Å². The summed E-state index contributed by atoms with van der Waals surface area (Å²) in [5.41, 5.74) is 7.01. The SMILES string of the molecule is CC(N)c1ccccc1OCCN1CCCC1. The molecule has 0 spiro atoms. The smallest absolute Gasteiger partial charge is 0.124 e. The first-order valence-corrected chi connectivity index (χ1v) is 6.47. The molecule has 1 heterocycles. The Bertz CT molecular complexity index is 346. The molecule has 1 atom stereocenters. The van der Waals surface area contributed by atoms with Crippen LogP contribution in [0.5, 0.6) is 5.75 Å². The van der Waals surface area contributed by atoms with Crippen LogP contribution in [-0.2, 0) is 0 Å². The summed E-state index contributed by atoms with van der Waals surface area (Å²) < 4.78 is 5.84. The van der Waals surface area contributed by atoms with Crippen LogP contribution in [0.25, 0.3) is 0 Å². The average molecular weight is 234 g/mol. The van der Waals surface area contributed by atoms with Crippen LogP contribution in [0, 0.1) is 0 Å². The lowest BCUT2D eigenvalue weighted by Crippen LogP contribution is -2.25. The second kappa shape index (κ2) is 6.03. The van der Waals surface area contributed by atoms with Gasteiger partial charge in [0.05, 0.1) is 0 Å². The van der Waals surface area contributed by atoms with Gasteiger partial charge in [0.25, 0.3) is 0 Å². The van der Waals surface area contributed by atoms with Crippen molar-refractivity contribution in [3.8, 4) is 5.75 Å². The lowest BCUT2D eigenvalue weighted by atomic mass is 10.1. The Kier molecular flexibility index (Phi) is 4.40. The molecule has 0 radical (unpaired) electrons. The van der Waals surface area contributed by atoms with Crippen LogP contribution in [0.4, 0.5) is 0 Å². The highest BCUT2D eigenvalue weighted by atomic mass is 16.5. The summed E-state index contributed by atoms with van der Waals surface area (Å²) >= 11 is 0. The fourth-order valence-electron chi connectivity index (χ4n) is 2.28. The van der Waals surface area contributed by atoms with E-state index in [2.05, 4.69) is 4.90 Å². The standard InChI is InChI=1S/C14H22N2O/c1-12(15)13-6-2-3-7-14(13)17-11-10-16-8-4-5-9-16/h2-3,6-7,12H,4-5,8-11,15H2,1H3. The van der Waals surface area contributed by atoms with E-state index in [-0.39, 0.29) is 6.04 Å². The Morgan fingerprint density at radius 3 is 2.71 bits per heavy atom. The average Bonchev–Trinajstić information content (AvgIpc) is 2.82. The lowest BCUT2D eigenvalue weighted by Gasteiger charge is -2.17. The van der Waals surface area contributed by atoms with Gasteiger partial charge in [-0.05, 0) is 38.9 Å². The summed E-state index contributed by atoms with van der Waals surface area (Å²) in [4.78, 5) is 2.45. The van der Waals surface area contributed by atoms with Crippen LogP contribution < -0.4 is 10.5 Å². The van der Waals surface area contributed by atoms with Gasteiger partial charge in [-0.2, -0.15) is 0 Å². The second-order valence-electron chi connectivity index (χ2n) is 4.72. The molecular formula is C14H22N2O. The number of nitrogens with two attached hydrogens (primary N) is 1. The Balaban J connectivity index is 1.85. The summed E-state index contributed by atoms with van der Waals surface area (Å²) in [6.07, 6.45) is 2.66. The van der Waals surface area contributed by atoms with Crippen molar-refractivity contribution >= 4 is 0 Å². The molecule has 0 aromatic heterocycles. The zero-order valence-electron chi connectivity index (χ0n) is 10.6. The molecule has 1 aliphatic heterocycles. The van der Waals surface area contributed by atoms with Gasteiger partial charge < -0.3 is 10.5 Å². The van der Waals surface area contributed by atoms with E-state index in [1.165, 1.54) is 25.9 Å². The highest BCUT2D eigenvalue weighted by Gasteiger charge is 2.12. The maximum atomic E-state index is 5.92. The molecule has 2 rings (SSSR count). The van der Waals surface area contributed by atoms with Gasteiger partial charge in [-0.1, -0.05) is 18.2 Å². The Morgan fingerprint density at radius 2 is 2.00 bits per heavy atom. The molecule has 1 aromatic rings. The van der Waals surface area contributed by atoms with E-state index in [1.54, 1.807) is 0 Å². The van der Waals surface area contributed by atoms with Gasteiger partial charge in [0, 0.05) is 18.2 Å². The quantitative estimate of drug-likeness (QED) is 0.848. The number of hydrogen-bond acceptors (Lipinski definition) is 3. The molecule has 1 fully saturated rings. The van der Waals surface area contributed by atoms with Crippen molar-refractivity contribution in [2.45, 2.75) is 25.8 Å². The molecule has 3 heteroatoms. The molecule has 3 nitrogen and oxygen atoms in total. The molecule has 1 aliphatic rings. The van der Waals surface area contributed by atoms with Crippen LogP contribution in [0.15, 0.2) is 24.3 Å². The van der Waals surface area contributed by atoms with Gasteiger partial charge in [-0.15, -0.1) is 0 Å². The van der Waals surface area contributed by atoms with Crippen molar-refractivity contribution in [2.24, 2.45) is 5.73 Å². The van der Waals surface area contributed by atoms with E-state index < -0.39 is 0 Å². The topological polar surface area (TPSA) is 38.5 Å². The number of ether oxygens (including phenoxy) is 1. The molecule has 0 bridgehead atoms. The summed E-state index contributed by atoms with van der Waals surface area (Å²) in [6, 6.07) is 8.07. The summed E-state index contributed by atoms with van der Waals surface area (Å²) in [6.45, 7) is 6.20. The maximum Gasteiger partial charge on any atom is 0.124 e. The van der Waals surface area contributed by atoms with Gasteiger partial charge in [0.1, 0.15) is 12.4 Å². The lowest BCUT2D eigenvalue weighted by molar-refractivity contribution is 0.236.